The molecule has 2 N–H and O–H groups in total. The summed E-state index contributed by atoms with van der Waals surface area (Å²) in [5.74, 6) is 0.957. The Balaban J connectivity index is 1.38. The number of rotatable bonds is 11. The number of hydrogen-bond acceptors (Lipinski definition) is 5. The molecule has 1 atom stereocenters. The summed E-state index contributed by atoms with van der Waals surface area (Å²) >= 11 is 0. The van der Waals surface area contributed by atoms with Gasteiger partial charge < -0.3 is 10.2 Å². The van der Waals surface area contributed by atoms with Crippen molar-refractivity contribution in [2.45, 2.75) is 32.6 Å². The van der Waals surface area contributed by atoms with Crippen LogP contribution in [-0.2, 0) is 0 Å². The number of hydrogen-bond donors (Lipinski definition) is 2. The van der Waals surface area contributed by atoms with Crippen molar-refractivity contribution in [1.82, 2.24) is 9.88 Å². The van der Waals surface area contributed by atoms with Gasteiger partial charge in [-0.15, -0.1) is 0 Å². The molecule has 5 nitrogen and oxygen atoms in total. The maximum Gasteiger partial charge on any atom is 0.144 e. The summed E-state index contributed by atoms with van der Waals surface area (Å²) in [5, 5.41) is 5.51. The molecule has 2 aliphatic rings. The molecule has 0 amide bonds. The van der Waals surface area contributed by atoms with Crippen molar-refractivity contribution in [1.29, 1.82) is 0 Å². The number of piperidine rings is 1. The monoisotopic (exact) mass is 507 g/mol. The quantitative estimate of drug-likeness (QED) is 0.187. The van der Waals surface area contributed by atoms with Gasteiger partial charge in [-0.1, -0.05) is 62.6 Å². The lowest BCUT2D eigenvalue weighted by Crippen LogP contribution is -2.29. The molecule has 4 rings (SSSR count). The number of pyridine rings is 1. The van der Waals surface area contributed by atoms with Crippen molar-refractivity contribution in [2.24, 2.45) is 5.92 Å². The summed E-state index contributed by atoms with van der Waals surface area (Å²) in [5.41, 5.74) is 10.1. The van der Waals surface area contributed by atoms with E-state index < -0.39 is 0 Å². The molecular weight excluding hydrogens is 466 g/mol. The Morgan fingerprint density at radius 2 is 1.87 bits per heavy atom. The normalized spacial score (nSPS) is 17.4. The maximum atomic E-state index is 4.51. The van der Waals surface area contributed by atoms with Crippen molar-refractivity contribution < 1.29 is 0 Å². The number of allylic oxidation sites excluding steroid dienone is 7. The first-order valence-corrected chi connectivity index (χ1v) is 13.7. The molecule has 2 heterocycles. The van der Waals surface area contributed by atoms with E-state index in [0.717, 1.165) is 48.0 Å². The van der Waals surface area contributed by atoms with Gasteiger partial charge in [0, 0.05) is 55.8 Å². The maximum absolute atomic E-state index is 4.51. The summed E-state index contributed by atoms with van der Waals surface area (Å²) in [6.07, 6.45) is 19.9. The molecule has 0 radical (unpaired) electrons. The Labute approximate surface area is 228 Å². The van der Waals surface area contributed by atoms with Gasteiger partial charge in [-0.3, -0.25) is 10.4 Å². The highest BCUT2D eigenvalue weighted by molar-refractivity contribution is 5.58. The van der Waals surface area contributed by atoms with Crippen LogP contribution < -0.4 is 15.8 Å². The Bertz CT molecular complexity index is 1200. The standard InChI is InChI=1S/C33H41N5/c1-5-13-32(27(3)38-22-11-6-12-23-38)29-15-8-7-14-28(24-29)26(2)25-35-30-17-19-31(20-18-30)37(4)36-33-16-9-10-21-34-33/h7-10,13-21,24,28,35H,2-3,5-6,11-12,22-23,25H2,1,4H3,(H,34,36)/b32-13-. The van der Waals surface area contributed by atoms with Crippen LogP contribution in [0.4, 0.5) is 17.2 Å². The minimum atomic E-state index is 0.148. The summed E-state index contributed by atoms with van der Waals surface area (Å²) in [4.78, 5) is 6.78. The Kier molecular flexibility index (Phi) is 9.63. The highest BCUT2D eigenvalue weighted by atomic mass is 15.5. The fraction of sp³-hybridized carbons (Fsp3) is 0.303. The first-order chi connectivity index (χ1) is 18.5. The smallest absolute Gasteiger partial charge is 0.144 e. The zero-order valence-corrected chi connectivity index (χ0v) is 22.9. The third-order valence-corrected chi connectivity index (χ3v) is 7.03. The predicted octanol–water partition coefficient (Wildman–Crippen LogP) is 7.52. The summed E-state index contributed by atoms with van der Waals surface area (Å²) < 4.78 is 0. The minimum Gasteiger partial charge on any atom is -0.381 e. The van der Waals surface area contributed by atoms with Crippen LogP contribution in [0.5, 0.6) is 0 Å². The minimum absolute atomic E-state index is 0.148. The molecule has 1 aromatic carbocycles. The van der Waals surface area contributed by atoms with Gasteiger partial charge >= 0.3 is 0 Å². The Morgan fingerprint density at radius 1 is 1.08 bits per heavy atom. The molecule has 0 spiro atoms. The highest BCUT2D eigenvalue weighted by Crippen LogP contribution is 2.30. The molecule has 0 saturated carbocycles. The number of aromatic nitrogens is 1. The lowest BCUT2D eigenvalue weighted by Gasteiger charge is -2.32. The second-order valence-electron chi connectivity index (χ2n) is 9.86. The van der Waals surface area contributed by atoms with E-state index in [0.29, 0.717) is 6.54 Å². The van der Waals surface area contributed by atoms with Gasteiger partial charge in [0.15, 0.2) is 0 Å². The van der Waals surface area contributed by atoms with E-state index in [-0.39, 0.29) is 5.92 Å². The van der Waals surface area contributed by atoms with Crippen LogP contribution in [0, 0.1) is 5.92 Å². The fourth-order valence-corrected chi connectivity index (χ4v) is 4.82. The Hall–Kier alpha value is -3.99. The molecule has 1 fully saturated rings. The number of anilines is 3. The molecule has 1 unspecified atom stereocenters. The van der Waals surface area contributed by atoms with Crippen LogP contribution in [-0.4, -0.2) is 36.6 Å². The summed E-state index contributed by atoms with van der Waals surface area (Å²) in [7, 11) is 1.98. The predicted molar refractivity (Wildman–Crippen MR) is 163 cm³/mol. The molecule has 1 aromatic heterocycles. The van der Waals surface area contributed by atoms with E-state index in [1.54, 1.807) is 6.20 Å². The fourth-order valence-electron chi connectivity index (χ4n) is 4.82. The molecule has 1 aliphatic heterocycles. The van der Waals surface area contributed by atoms with E-state index in [2.05, 4.69) is 101 Å². The third-order valence-electron chi connectivity index (χ3n) is 7.03. The second kappa shape index (κ2) is 13.5. The van der Waals surface area contributed by atoms with Crippen LogP contribution in [0.1, 0.15) is 32.6 Å². The van der Waals surface area contributed by atoms with Crippen molar-refractivity contribution in [3.8, 4) is 0 Å². The Morgan fingerprint density at radius 3 is 2.58 bits per heavy atom. The molecular formula is C33H41N5. The number of nitrogens with one attached hydrogen (secondary N) is 2. The van der Waals surface area contributed by atoms with Gasteiger partial charge in [-0.2, -0.15) is 0 Å². The van der Waals surface area contributed by atoms with Crippen LogP contribution in [0.2, 0.25) is 0 Å². The zero-order valence-electron chi connectivity index (χ0n) is 22.9. The van der Waals surface area contributed by atoms with Crippen molar-refractivity contribution in [2.75, 3.05) is 42.4 Å². The van der Waals surface area contributed by atoms with Crippen molar-refractivity contribution >= 4 is 17.2 Å². The summed E-state index contributed by atoms with van der Waals surface area (Å²) in [6.45, 7) is 14.0. The molecule has 2 aromatic rings. The second-order valence-corrected chi connectivity index (χ2v) is 9.86. The molecule has 1 saturated heterocycles. The number of hydrazine groups is 1. The van der Waals surface area contributed by atoms with Gasteiger partial charge in [0.05, 0.1) is 5.69 Å². The van der Waals surface area contributed by atoms with Crippen LogP contribution >= 0.6 is 0 Å². The van der Waals surface area contributed by atoms with Gasteiger partial charge in [0.25, 0.3) is 0 Å². The van der Waals surface area contributed by atoms with E-state index in [1.807, 2.05) is 30.3 Å². The zero-order chi connectivity index (χ0) is 26.7. The number of nitrogens with zero attached hydrogens (tertiary/aromatic N) is 3. The third kappa shape index (κ3) is 7.28. The summed E-state index contributed by atoms with van der Waals surface area (Å²) in [6, 6.07) is 14.2. The number of likely N-dealkylation sites (tertiary alicyclic amines) is 1. The van der Waals surface area contributed by atoms with Gasteiger partial charge in [0.1, 0.15) is 5.82 Å². The first kappa shape index (κ1) is 27.1. The van der Waals surface area contributed by atoms with Gasteiger partial charge in [-0.25, -0.2) is 4.98 Å². The molecule has 198 valence electrons. The van der Waals surface area contributed by atoms with E-state index in [1.165, 1.54) is 30.4 Å². The largest absolute Gasteiger partial charge is 0.381 e. The first-order valence-electron chi connectivity index (χ1n) is 13.7. The van der Waals surface area contributed by atoms with Crippen LogP contribution in [0.3, 0.4) is 0 Å². The van der Waals surface area contributed by atoms with E-state index >= 15 is 0 Å². The van der Waals surface area contributed by atoms with E-state index in [9.17, 15) is 0 Å². The SMILES string of the molecule is C=C(CNc1ccc(N(C)Nc2ccccn2)cc1)C1C=CC=CC(/C(=C\CC)C(=C)N2CCCCC2)=C1. The molecule has 38 heavy (non-hydrogen) atoms. The van der Waals surface area contributed by atoms with Crippen molar-refractivity contribution in [3.63, 3.8) is 0 Å². The molecule has 1 aliphatic carbocycles. The van der Waals surface area contributed by atoms with Crippen LogP contribution in [0.25, 0.3) is 0 Å². The highest BCUT2D eigenvalue weighted by Gasteiger charge is 2.18. The van der Waals surface area contributed by atoms with Crippen molar-refractivity contribution in [3.05, 3.63) is 121 Å². The molecule has 5 heteroatoms. The lowest BCUT2D eigenvalue weighted by atomic mass is 9.93. The number of benzene rings is 1. The average molecular weight is 508 g/mol. The lowest BCUT2D eigenvalue weighted by molar-refractivity contribution is 0.291. The van der Waals surface area contributed by atoms with Gasteiger partial charge in [-0.05, 0) is 73.2 Å². The van der Waals surface area contributed by atoms with E-state index in [4.69, 9.17) is 0 Å². The van der Waals surface area contributed by atoms with Crippen LogP contribution in [0.15, 0.2) is 121 Å². The van der Waals surface area contributed by atoms with Gasteiger partial charge in [0.2, 0.25) is 0 Å². The average Bonchev–Trinajstić information content (AvgIpc) is 3.22. The molecule has 0 bridgehead atoms. The topological polar surface area (TPSA) is 43.4 Å².